The van der Waals surface area contributed by atoms with Gasteiger partial charge in [0.25, 0.3) is 5.91 Å². The summed E-state index contributed by atoms with van der Waals surface area (Å²) in [5.41, 5.74) is 4.79. The molecule has 0 radical (unpaired) electrons. The van der Waals surface area contributed by atoms with Gasteiger partial charge in [0.2, 0.25) is 10.0 Å². The Morgan fingerprint density at radius 2 is 1.59 bits per heavy atom. The van der Waals surface area contributed by atoms with Crippen LogP contribution in [-0.4, -0.2) is 36.5 Å². The summed E-state index contributed by atoms with van der Waals surface area (Å²) in [4.78, 5) is 14.1. The van der Waals surface area contributed by atoms with Crippen molar-refractivity contribution in [2.24, 2.45) is 22.7 Å². The van der Waals surface area contributed by atoms with Crippen LogP contribution in [0.1, 0.15) is 47.0 Å². The molecule has 6 nitrogen and oxygen atoms in total. The summed E-state index contributed by atoms with van der Waals surface area (Å²) in [6, 6.07) is 18.7. The number of anilines is 2. The normalized spacial score (nSPS) is 29.3. The van der Waals surface area contributed by atoms with Gasteiger partial charge in [0.05, 0.1) is 23.2 Å². The van der Waals surface area contributed by atoms with Crippen LogP contribution in [0.4, 0.5) is 11.4 Å². The molecule has 3 fully saturated rings. The van der Waals surface area contributed by atoms with Crippen LogP contribution in [0.25, 0.3) is 0 Å². The van der Waals surface area contributed by atoms with E-state index < -0.39 is 16.1 Å². The van der Waals surface area contributed by atoms with Gasteiger partial charge in [-0.3, -0.25) is 9.80 Å². The van der Waals surface area contributed by atoms with E-state index >= 15 is 0 Å². The minimum Gasteiger partial charge on any atom is -0.276 e. The highest BCUT2D eigenvalue weighted by Gasteiger charge is 2.72. The average molecular weight is 482 g/mol. The van der Waals surface area contributed by atoms with Crippen molar-refractivity contribution >= 4 is 27.3 Å². The van der Waals surface area contributed by atoms with Gasteiger partial charge in [0.1, 0.15) is 6.04 Å². The summed E-state index contributed by atoms with van der Waals surface area (Å²) in [7, 11) is -3.68. The molecule has 1 spiro atoms. The number of hydrazine groups is 1. The summed E-state index contributed by atoms with van der Waals surface area (Å²) in [6.45, 7) is 8.34. The molecule has 1 heterocycles. The molecule has 182 valence electrons. The maximum atomic E-state index is 14.1. The number of amides is 1. The van der Waals surface area contributed by atoms with E-state index in [9.17, 15) is 13.2 Å². The van der Waals surface area contributed by atoms with Gasteiger partial charge in [-0.2, -0.15) is 0 Å². The lowest BCUT2D eigenvalue weighted by Gasteiger charge is -2.38. The van der Waals surface area contributed by atoms with Crippen molar-refractivity contribution in [3.8, 4) is 0 Å². The van der Waals surface area contributed by atoms with E-state index in [4.69, 9.17) is 0 Å². The second-order valence-corrected chi connectivity index (χ2v) is 13.0. The van der Waals surface area contributed by atoms with Gasteiger partial charge in [0.15, 0.2) is 0 Å². The monoisotopic (exact) mass is 481 g/mol. The third-order valence-corrected chi connectivity index (χ3v) is 10.8. The molecule has 2 saturated carbocycles. The number of fused-ring (bicyclic) bond motifs is 1. The smallest absolute Gasteiger partial charge is 0.255 e. The van der Waals surface area contributed by atoms with Crippen LogP contribution >= 0.6 is 0 Å². The number of carbonyl (C=O) groups excluding carboxylic acids is 1. The fraction of sp³-hybridized carbons (Fsp3) is 0.519. The van der Waals surface area contributed by atoms with E-state index in [0.29, 0.717) is 5.92 Å². The Morgan fingerprint density at radius 1 is 1.03 bits per heavy atom. The number of hydrogen-bond acceptors (Lipinski definition) is 5. The molecule has 2 aliphatic carbocycles. The lowest BCUT2D eigenvalue weighted by Crippen LogP contribution is -2.56. The Bertz CT molecular complexity index is 1130. The molecule has 3 aliphatic rings. The van der Waals surface area contributed by atoms with Crippen molar-refractivity contribution in [2.75, 3.05) is 10.8 Å². The molecule has 1 N–H and O–H groups in total. The molecule has 0 aromatic heterocycles. The van der Waals surface area contributed by atoms with E-state index in [1.54, 1.807) is 0 Å². The summed E-state index contributed by atoms with van der Waals surface area (Å²) in [5.74, 6) is 0.114. The zero-order chi connectivity index (χ0) is 24.3. The second kappa shape index (κ2) is 8.09. The van der Waals surface area contributed by atoms with E-state index in [2.05, 4.69) is 19.3 Å². The first-order valence-corrected chi connectivity index (χ1v) is 13.9. The molecule has 2 bridgehead atoms. The molecule has 1 amide bonds. The molecule has 1 aliphatic heterocycles. The lowest BCUT2D eigenvalue weighted by atomic mass is 9.69. The fourth-order valence-electron chi connectivity index (χ4n) is 6.80. The topological polar surface area (TPSA) is 69.7 Å². The fourth-order valence-corrected chi connectivity index (χ4v) is 9.36. The molecule has 5 rings (SSSR count). The van der Waals surface area contributed by atoms with Gasteiger partial charge in [-0.15, -0.1) is 0 Å². The molecule has 0 unspecified atom stereocenters. The molecule has 2 aromatic carbocycles. The van der Waals surface area contributed by atoms with E-state index in [0.717, 1.165) is 30.6 Å². The maximum Gasteiger partial charge on any atom is 0.255 e. The van der Waals surface area contributed by atoms with E-state index in [-0.39, 0.29) is 34.4 Å². The molecule has 1 saturated heterocycles. The molecule has 4 atom stereocenters. The van der Waals surface area contributed by atoms with Crippen molar-refractivity contribution in [3.05, 3.63) is 60.7 Å². The van der Waals surface area contributed by atoms with Crippen LogP contribution in [0.5, 0.6) is 0 Å². The van der Waals surface area contributed by atoms with Crippen molar-refractivity contribution in [3.63, 3.8) is 0 Å². The van der Waals surface area contributed by atoms with E-state index in [1.807, 2.05) is 79.5 Å². The van der Waals surface area contributed by atoms with Gasteiger partial charge in [-0.05, 0) is 60.8 Å². The highest BCUT2D eigenvalue weighted by molar-refractivity contribution is 7.90. The predicted molar refractivity (Wildman–Crippen MR) is 135 cm³/mol. The van der Waals surface area contributed by atoms with Crippen LogP contribution in [0.3, 0.4) is 0 Å². The first-order chi connectivity index (χ1) is 16.1. The molecular formula is C27H35N3O3S. The van der Waals surface area contributed by atoms with Crippen molar-refractivity contribution < 1.29 is 13.2 Å². The number of sulfonamides is 1. The minimum absolute atomic E-state index is 0.0688. The SMILES string of the molecule is CC(C)[C@@H](NN(c1ccccc1)c1ccccc1)C(=O)N1[C@H]2C[C@@H]3CC[C@@]2(CS1(=O)=O)C3(C)C. The quantitative estimate of drug-likeness (QED) is 0.605. The number of rotatable bonds is 6. The Morgan fingerprint density at radius 3 is 2.09 bits per heavy atom. The van der Waals surface area contributed by atoms with Crippen molar-refractivity contribution in [2.45, 2.75) is 59.0 Å². The van der Waals surface area contributed by atoms with Crippen LogP contribution in [0.2, 0.25) is 0 Å². The summed E-state index contributed by atoms with van der Waals surface area (Å²) in [6.07, 6.45) is 2.73. The van der Waals surface area contributed by atoms with Gasteiger partial charge in [0, 0.05) is 5.41 Å². The van der Waals surface area contributed by atoms with Crippen molar-refractivity contribution in [1.29, 1.82) is 0 Å². The van der Waals surface area contributed by atoms with Gasteiger partial charge in [-0.1, -0.05) is 64.1 Å². The summed E-state index contributed by atoms with van der Waals surface area (Å²) in [5, 5.41) is 1.89. The first-order valence-electron chi connectivity index (χ1n) is 12.3. The predicted octanol–water partition coefficient (Wildman–Crippen LogP) is 4.72. The third-order valence-electron chi connectivity index (χ3n) is 8.86. The number of carbonyl (C=O) groups is 1. The summed E-state index contributed by atoms with van der Waals surface area (Å²) >= 11 is 0. The Balaban J connectivity index is 1.50. The highest BCUT2D eigenvalue weighted by atomic mass is 32.2. The minimum atomic E-state index is -3.68. The van der Waals surface area contributed by atoms with Gasteiger partial charge >= 0.3 is 0 Å². The highest BCUT2D eigenvalue weighted by Crippen LogP contribution is 2.70. The third kappa shape index (κ3) is 3.39. The Kier molecular flexibility index (Phi) is 5.56. The number of nitrogens with one attached hydrogen (secondary N) is 1. The van der Waals surface area contributed by atoms with Crippen LogP contribution in [0, 0.1) is 22.7 Å². The largest absolute Gasteiger partial charge is 0.276 e. The first kappa shape index (κ1) is 23.4. The molecule has 7 heteroatoms. The van der Waals surface area contributed by atoms with Crippen LogP contribution < -0.4 is 10.4 Å². The standard InChI is InChI=1S/C27H35N3O3S/c1-19(2)24(28-29(21-11-7-5-8-12-21)22-13-9-6-10-14-22)25(31)30-23-17-20-15-16-27(23,26(20,3)4)18-34(30,32)33/h5-14,19-20,23-24,28H,15-18H2,1-4H3/t20-,23-,24+,27-/m0/s1. The van der Waals surface area contributed by atoms with Gasteiger partial charge < -0.3 is 0 Å². The number of para-hydroxylation sites is 2. The maximum absolute atomic E-state index is 14.1. The van der Waals surface area contributed by atoms with Crippen molar-refractivity contribution in [1.82, 2.24) is 9.73 Å². The van der Waals surface area contributed by atoms with Crippen LogP contribution in [0.15, 0.2) is 60.7 Å². The van der Waals surface area contributed by atoms with Crippen LogP contribution in [-0.2, 0) is 14.8 Å². The summed E-state index contributed by atoms with van der Waals surface area (Å²) < 4.78 is 28.3. The Labute approximate surface area is 203 Å². The Hall–Kier alpha value is -2.38. The van der Waals surface area contributed by atoms with Gasteiger partial charge in [-0.25, -0.2) is 18.1 Å². The second-order valence-electron chi connectivity index (χ2n) is 11.1. The average Bonchev–Trinajstić information content (AvgIpc) is 3.28. The zero-order valence-corrected chi connectivity index (χ0v) is 21.3. The zero-order valence-electron chi connectivity index (χ0n) is 20.4. The number of benzene rings is 2. The molecule has 2 aromatic rings. The number of hydrogen-bond donors (Lipinski definition) is 1. The number of nitrogens with zero attached hydrogens (tertiary/aromatic N) is 2. The molecule has 34 heavy (non-hydrogen) atoms. The lowest BCUT2D eigenvalue weighted by molar-refractivity contribution is -0.132. The molecular weight excluding hydrogens is 446 g/mol. The van der Waals surface area contributed by atoms with E-state index in [1.165, 1.54) is 4.31 Å².